The van der Waals surface area contributed by atoms with Crippen molar-refractivity contribution in [3.05, 3.63) is 40.3 Å². The molecule has 0 saturated heterocycles. The first-order chi connectivity index (χ1) is 11.9. The Morgan fingerprint density at radius 2 is 1.84 bits per heavy atom. The lowest BCUT2D eigenvalue weighted by Gasteiger charge is -2.13. The van der Waals surface area contributed by atoms with E-state index >= 15 is 0 Å². The van der Waals surface area contributed by atoms with Crippen molar-refractivity contribution in [1.82, 2.24) is 0 Å². The molecule has 1 aromatic heterocycles. The van der Waals surface area contributed by atoms with Crippen LogP contribution < -0.4 is 5.32 Å². The van der Waals surface area contributed by atoms with Crippen molar-refractivity contribution in [1.29, 1.82) is 0 Å². The number of carbonyl (C=O) groups is 2. The van der Waals surface area contributed by atoms with Crippen LogP contribution in [0.1, 0.15) is 48.2 Å². The number of hydrogen-bond donors (Lipinski definition) is 1. The monoisotopic (exact) mass is 359 g/mol. The lowest BCUT2D eigenvalue weighted by atomic mass is 9.97. The van der Waals surface area contributed by atoms with Gasteiger partial charge in [0, 0.05) is 16.9 Å². The summed E-state index contributed by atoms with van der Waals surface area (Å²) in [5.74, 6) is -0.543. The molecule has 0 aliphatic heterocycles. The van der Waals surface area contributed by atoms with E-state index in [1.54, 1.807) is 0 Å². The van der Waals surface area contributed by atoms with E-state index < -0.39 is 5.97 Å². The highest BCUT2D eigenvalue weighted by molar-refractivity contribution is 7.15. The van der Waals surface area contributed by atoms with Gasteiger partial charge in [0.05, 0.1) is 7.11 Å². The normalized spacial score (nSPS) is 10.8. The zero-order chi connectivity index (χ0) is 18.6. The summed E-state index contributed by atoms with van der Waals surface area (Å²) in [6.45, 7) is 8.01. The molecule has 1 N–H and O–H groups in total. The van der Waals surface area contributed by atoms with Crippen molar-refractivity contribution in [2.45, 2.75) is 40.5 Å². The zero-order valence-corrected chi connectivity index (χ0v) is 16.3. The minimum atomic E-state index is -0.433. The standard InChI is InChI=1S/C20H25NO3S/c1-6-14(7-2)18(22)21-19-17(20(23)24-5)16(11-25-19)15-10-12(3)8-9-13(15)4/h8-11,14H,6-7H2,1-5H3,(H,21,22). The molecule has 1 heterocycles. The average molecular weight is 359 g/mol. The van der Waals surface area contributed by atoms with Crippen LogP contribution in [0.15, 0.2) is 23.6 Å². The first-order valence-electron chi connectivity index (χ1n) is 8.51. The Balaban J connectivity index is 2.50. The minimum absolute atomic E-state index is 0.0514. The Bertz CT molecular complexity index is 775. The highest BCUT2D eigenvalue weighted by Crippen LogP contribution is 2.38. The van der Waals surface area contributed by atoms with Crippen LogP contribution in [0.4, 0.5) is 5.00 Å². The van der Waals surface area contributed by atoms with Crippen molar-refractivity contribution < 1.29 is 14.3 Å². The molecule has 4 nitrogen and oxygen atoms in total. The van der Waals surface area contributed by atoms with Gasteiger partial charge in [-0.1, -0.05) is 37.6 Å². The first kappa shape index (κ1) is 19.2. The molecular weight excluding hydrogens is 334 g/mol. The largest absolute Gasteiger partial charge is 0.465 e. The van der Waals surface area contributed by atoms with E-state index in [0.29, 0.717) is 10.6 Å². The summed E-state index contributed by atoms with van der Waals surface area (Å²) in [6.07, 6.45) is 1.54. The molecule has 1 aromatic carbocycles. The van der Waals surface area contributed by atoms with Gasteiger partial charge in [0.2, 0.25) is 5.91 Å². The predicted molar refractivity (Wildman–Crippen MR) is 103 cm³/mol. The van der Waals surface area contributed by atoms with E-state index in [0.717, 1.165) is 35.1 Å². The third-order valence-corrected chi connectivity index (χ3v) is 5.35. The van der Waals surface area contributed by atoms with Crippen molar-refractivity contribution in [3.63, 3.8) is 0 Å². The molecule has 1 amide bonds. The topological polar surface area (TPSA) is 55.4 Å². The fourth-order valence-electron chi connectivity index (χ4n) is 2.85. The maximum absolute atomic E-state index is 12.4. The van der Waals surface area contributed by atoms with Crippen molar-refractivity contribution >= 4 is 28.2 Å². The molecular formula is C20H25NO3S. The molecule has 0 spiro atoms. The lowest BCUT2D eigenvalue weighted by Crippen LogP contribution is -2.22. The number of thiophene rings is 1. The van der Waals surface area contributed by atoms with Crippen LogP contribution in [0.2, 0.25) is 0 Å². The number of esters is 1. The third kappa shape index (κ3) is 4.10. The fraction of sp³-hybridized carbons (Fsp3) is 0.400. The van der Waals surface area contributed by atoms with E-state index in [9.17, 15) is 9.59 Å². The molecule has 0 unspecified atom stereocenters. The molecule has 2 rings (SSSR count). The Labute approximate surface area is 153 Å². The zero-order valence-electron chi connectivity index (χ0n) is 15.4. The number of benzene rings is 1. The van der Waals surface area contributed by atoms with Gasteiger partial charge in [0.15, 0.2) is 0 Å². The van der Waals surface area contributed by atoms with Crippen LogP contribution in [-0.4, -0.2) is 19.0 Å². The van der Waals surface area contributed by atoms with Crippen molar-refractivity contribution in [2.24, 2.45) is 5.92 Å². The third-order valence-electron chi connectivity index (χ3n) is 4.46. The molecule has 5 heteroatoms. The quantitative estimate of drug-likeness (QED) is 0.722. The van der Waals surface area contributed by atoms with Crippen molar-refractivity contribution in [2.75, 3.05) is 12.4 Å². The molecule has 25 heavy (non-hydrogen) atoms. The first-order valence-corrected chi connectivity index (χ1v) is 9.39. The van der Waals surface area contributed by atoms with E-state index in [-0.39, 0.29) is 11.8 Å². The van der Waals surface area contributed by atoms with E-state index in [1.807, 2.05) is 45.2 Å². The summed E-state index contributed by atoms with van der Waals surface area (Å²) in [5.41, 5.74) is 4.41. The summed E-state index contributed by atoms with van der Waals surface area (Å²) in [4.78, 5) is 24.9. The van der Waals surface area contributed by atoms with Crippen LogP contribution in [0, 0.1) is 19.8 Å². The summed E-state index contributed by atoms with van der Waals surface area (Å²) in [7, 11) is 1.36. The van der Waals surface area contributed by atoms with Gasteiger partial charge in [-0.3, -0.25) is 4.79 Å². The van der Waals surface area contributed by atoms with Gasteiger partial charge in [0.25, 0.3) is 0 Å². The number of ether oxygens (including phenoxy) is 1. The number of hydrogen-bond acceptors (Lipinski definition) is 4. The van der Waals surface area contributed by atoms with Gasteiger partial charge < -0.3 is 10.1 Å². The maximum atomic E-state index is 12.4. The van der Waals surface area contributed by atoms with E-state index in [2.05, 4.69) is 11.4 Å². The molecule has 0 aliphatic carbocycles. The Kier molecular flexibility index (Phi) is 6.37. The Morgan fingerprint density at radius 3 is 2.44 bits per heavy atom. The summed E-state index contributed by atoms with van der Waals surface area (Å²) in [5, 5.41) is 5.40. The molecule has 0 bridgehead atoms. The molecule has 0 radical (unpaired) electrons. The Morgan fingerprint density at radius 1 is 1.16 bits per heavy atom. The van der Waals surface area contributed by atoms with Crippen LogP contribution in [-0.2, 0) is 9.53 Å². The number of rotatable bonds is 6. The van der Waals surface area contributed by atoms with Gasteiger partial charge in [-0.15, -0.1) is 11.3 Å². The highest BCUT2D eigenvalue weighted by Gasteiger charge is 2.24. The van der Waals surface area contributed by atoms with Gasteiger partial charge in [-0.25, -0.2) is 4.79 Å². The number of anilines is 1. The SMILES string of the molecule is CCC(CC)C(=O)Nc1scc(-c2cc(C)ccc2C)c1C(=O)OC. The molecule has 0 fully saturated rings. The Hall–Kier alpha value is -2.14. The van der Waals surface area contributed by atoms with Gasteiger partial charge in [-0.05, 0) is 37.8 Å². The second kappa shape index (κ2) is 8.30. The molecule has 0 saturated carbocycles. The van der Waals surface area contributed by atoms with E-state index in [1.165, 1.54) is 18.4 Å². The molecule has 0 atom stereocenters. The van der Waals surface area contributed by atoms with Crippen LogP contribution in [0.25, 0.3) is 11.1 Å². The summed E-state index contributed by atoms with van der Waals surface area (Å²) >= 11 is 1.36. The predicted octanol–water partition coefficient (Wildman–Crippen LogP) is 5.19. The summed E-state index contributed by atoms with van der Waals surface area (Å²) in [6, 6.07) is 6.13. The number of nitrogens with one attached hydrogen (secondary N) is 1. The van der Waals surface area contributed by atoms with Crippen LogP contribution >= 0.6 is 11.3 Å². The minimum Gasteiger partial charge on any atom is -0.465 e. The number of amides is 1. The average Bonchev–Trinajstić information content (AvgIpc) is 3.00. The van der Waals surface area contributed by atoms with Gasteiger partial charge >= 0.3 is 5.97 Å². The molecule has 2 aromatic rings. The van der Waals surface area contributed by atoms with E-state index in [4.69, 9.17) is 4.74 Å². The molecule has 0 aliphatic rings. The lowest BCUT2D eigenvalue weighted by molar-refractivity contribution is -0.120. The number of carbonyl (C=O) groups excluding carboxylic acids is 2. The van der Waals surface area contributed by atoms with Gasteiger partial charge in [0.1, 0.15) is 10.6 Å². The van der Waals surface area contributed by atoms with Gasteiger partial charge in [-0.2, -0.15) is 0 Å². The second-order valence-corrected chi connectivity index (χ2v) is 7.05. The number of methoxy groups -OCH3 is 1. The fourth-order valence-corrected chi connectivity index (χ4v) is 3.80. The van der Waals surface area contributed by atoms with Crippen LogP contribution in [0.3, 0.4) is 0 Å². The van der Waals surface area contributed by atoms with Crippen molar-refractivity contribution in [3.8, 4) is 11.1 Å². The maximum Gasteiger partial charge on any atom is 0.341 e. The second-order valence-electron chi connectivity index (χ2n) is 6.17. The smallest absolute Gasteiger partial charge is 0.341 e. The molecule has 134 valence electrons. The highest BCUT2D eigenvalue weighted by atomic mass is 32.1. The number of aryl methyl sites for hydroxylation is 2. The summed E-state index contributed by atoms with van der Waals surface area (Å²) < 4.78 is 4.98. The van der Waals surface area contributed by atoms with Crippen LogP contribution in [0.5, 0.6) is 0 Å².